The molecule has 1 aromatic heterocycles. The molecule has 0 spiro atoms. The Morgan fingerprint density at radius 3 is 2.22 bits per heavy atom. The zero-order valence-corrected chi connectivity index (χ0v) is 9.63. The highest BCUT2D eigenvalue weighted by Gasteiger charge is 2.31. The summed E-state index contributed by atoms with van der Waals surface area (Å²) in [4.78, 5) is 3.71. The van der Waals surface area contributed by atoms with Crippen molar-refractivity contribution in [1.82, 2.24) is 4.98 Å². The van der Waals surface area contributed by atoms with Gasteiger partial charge in [-0.2, -0.15) is 13.2 Å². The molecule has 0 atom stereocenters. The van der Waals surface area contributed by atoms with Crippen molar-refractivity contribution >= 4 is 11.6 Å². The van der Waals surface area contributed by atoms with Gasteiger partial charge in [0.1, 0.15) is 5.75 Å². The molecule has 0 aliphatic carbocycles. The maximum absolute atomic E-state index is 12.4. The SMILES string of the molecule is Oc1ccc(-c2ncc(C(F)(F)F)cc2Cl)cc1. The molecule has 6 heteroatoms. The summed E-state index contributed by atoms with van der Waals surface area (Å²) in [6, 6.07) is 6.69. The van der Waals surface area contributed by atoms with Crippen LogP contribution in [0.1, 0.15) is 5.56 Å². The third-order valence-electron chi connectivity index (χ3n) is 2.31. The fraction of sp³-hybridized carbons (Fsp3) is 0.0833. The molecule has 0 amide bonds. The average Bonchev–Trinajstić information content (AvgIpc) is 2.29. The molecule has 0 aliphatic rings. The molecular weight excluding hydrogens is 267 g/mol. The number of hydrogen-bond donors (Lipinski definition) is 1. The third kappa shape index (κ3) is 2.56. The van der Waals surface area contributed by atoms with Gasteiger partial charge in [-0.05, 0) is 30.3 Å². The van der Waals surface area contributed by atoms with Gasteiger partial charge in [0.05, 0.1) is 16.3 Å². The van der Waals surface area contributed by atoms with E-state index in [-0.39, 0.29) is 16.5 Å². The number of phenols is 1. The summed E-state index contributed by atoms with van der Waals surface area (Å²) >= 11 is 5.78. The lowest BCUT2D eigenvalue weighted by Crippen LogP contribution is -2.05. The van der Waals surface area contributed by atoms with E-state index in [9.17, 15) is 13.2 Å². The molecule has 2 aromatic rings. The molecule has 1 aromatic carbocycles. The summed E-state index contributed by atoms with van der Waals surface area (Å²) in [7, 11) is 0. The number of benzene rings is 1. The average molecular weight is 274 g/mol. The molecule has 0 fully saturated rings. The van der Waals surface area contributed by atoms with E-state index in [1.165, 1.54) is 24.3 Å². The second-order valence-electron chi connectivity index (χ2n) is 3.60. The largest absolute Gasteiger partial charge is 0.508 e. The molecule has 0 unspecified atom stereocenters. The number of aromatic nitrogens is 1. The van der Waals surface area contributed by atoms with Crippen LogP contribution >= 0.6 is 11.6 Å². The number of alkyl halides is 3. The van der Waals surface area contributed by atoms with Crippen molar-refractivity contribution in [2.75, 3.05) is 0 Å². The van der Waals surface area contributed by atoms with Crippen molar-refractivity contribution < 1.29 is 18.3 Å². The zero-order chi connectivity index (χ0) is 13.3. The first-order valence-electron chi connectivity index (χ1n) is 4.90. The Morgan fingerprint density at radius 1 is 1.11 bits per heavy atom. The van der Waals surface area contributed by atoms with Gasteiger partial charge in [0, 0.05) is 11.8 Å². The van der Waals surface area contributed by atoms with Gasteiger partial charge >= 0.3 is 6.18 Å². The predicted octanol–water partition coefficient (Wildman–Crippen LogP) is 4.13. The normalized spacial score (nSPS) is 11.6. The van der Waals surface area contributed by atoms with Crippen molar-refractivity contribution in [2.45, 2.75) is 6.18 Å². The number of nitrogens with zero attached hydrogens (tertiary/aromatic N) is 1. The summed E-state index contributed by atoms with van der Waals surface area (Å²) in [6.07, 6.45) is -3.74. The van der Waals surface area contributed by atoms with Gasteiger partial charge in [0.25, 0.3) is 0 Å². The van der Waals surface area contributed by atoms with Crippen molar-refractivity contribution in [2.24, 2.45) is 0 Å². The number of rotatable bonds is 1. The third-order valence-corrected chi connectivity index (χ3v) is 2.60. The maximum atomic E-state index is 12.4. The van der Waals surface area contributed by atoms with E-state index in [2.05, 4.69) is 4.98 Å². The van der Waals surface area contributed by atoms with Crippen molar-refractivity contribution in [3.05, 3.63) is 47.1 Å². The Bertz CT molecular complexity index is 567. The molecule has 0 radical (unpaired) electrons. The van der Waals surface area contributed by atoms with Crippen LogP contribution in [0.25, 0.3) is 11.3 Å². The Morgan fingerprint density at radius 2 is 1.72 bits per heavy atom. The Labute approximate surface area is 106 Å². The van der Waals surface area contributed by atoms with E-state index >= 15 is 0 Å². The summed E-state index contributed by atoms with van der Waals surface area (Å²) in [5, 5.41) is 9.03. The van der Waals surface area contributed by atoms with E-state index in [1.54, 1.807) is 0 Å². The predicted molar refractivity (Wildman–Crippen MR) is 61.3 cm³/mol. The van der Waals surface area contributed by atoms with Gasteiger partial charge in [-0.1, -0.05) is 11.6 Å². The van der Waals surface area contributed by atoms with Crippen LogP contribution in [-0.2, 0) is 6.18 Å². The highest BCUT2D eigenvalue weighted by molar-refractivity contribution is 6.33. The molecule has 18 heavy (non-hydrogen) atoms. The summed E-state index contributed by atoms with van der Waals surface area (Å²) < 4.78 is 37.3. The Hall–Kier alpha value is -1.75. The van der Waals surface area contributed by atoms with Crippen LogP contribution in [0.2, 0.25) is 5.02 Å². The lowest BCUT2D eigenvalue weighted by Gasteiger charge is -2.09. The summed E-state index contributed by atoms with van der Waals surface area (Å²) in [6.45, 7) is 0. The van der Waals surface area contributed by atoms with Crippen LogP contribution in [0.5, 0.6) is 5.75 Å². The first-order valence-corrected chi connectivity index (χ1v) is 5.28. The van der Waals surface area contributed by atoms with Gasteiger partial charge in [-0.3, -0.25) is 4.98 Å². The van der Waals surface area contributed by atoms with Crippen molar-refractivity contribution in [1.29, 1.82) is 0 Å². The van der Waals surface area contributed by atoms with Crippen LogP contribution in [0.3, 0.4) is 0 Å². The highest BCUT2D eigenvalue weighted by atomic mass is 35.5. The number of aromatic hydroxyl groups is 1. The molecule has 0 saturated carbocycles. The monoisotopic (exact) mass is 273 g/mol. The Balaban J connectivity index is 2.45. The first-order chi connectivity index (χ1) is 8.38. The van der Waals surface area contributed by atoms with Gasteiger partial charge in [0.2, 0.25) is 0 Å². The minimum atomic E-state index is -4.47. The zero-order valence-electron chi connectivity index (χ0n) is 8.87. The number of halogens is 4. The number of pyridine rings is 1. The van der Waals surface area contributed by atoms with E-state index < -0.39 is 11.7 Å². The van der Waals surface area contributed by atoms with Crippen LogP contribution in [-0.4, -0.2) is 10.1 Å². The van der Waals surface area contributed by atoms with Gasteiger partial charge < -0.3 is 5.11 Å². The molecule has 94 valence electrons. The van der Waals surface area contributed by atoms with Crippen molar-refractivity contribution in [3.8, 4) is 17.0 Å². The molecule has 0 bridgehead atoms. The number of hydrogen-bond acceptors (Lipinski definition) is 2. The van der Waals surface area contributed by atoms with Crippen LogP contribution in [0, 0.1) is 0 Å². The fourth-order valence-corrected chi connectivity index (χ4v) is 1.70. The van der Waals surface area contributed by atoms with E-state index in [4.69, 9.17) is 16.7 Å². The molecule has 2 rings (SSSR count). The van der Waals surface area contributed by atoms with Gasteiger partial charge in [0.15, 0.2) is 0 Å². The molecule has 1 N–H and O–H groups in total. The molecular formula is C12H7ClF3NO. The minimum Gasteiger partial charge on any atom is -0.508 e. The topological polar surface area (TPSA) is 33.1 Å². The second kappa shape index (κ2) is 4.49. The minimum absolute atomic E-state index is 0.0572. The van der Waals surface area contributed by atoms with Crippen LogP contribution in [0.15, 0.2) is 36.5 Å². The van der Waals surface area contributed by atoms with E-state index in [1.807, 2.05) is 0 Å². The molecule has 1 heterocycles. The molecule has 2 nitrogen and oxygen atoms in total. The van der Waals surface area contributed by atoms with Crippen LogP contribution < -0.4 is 0 Å². The van der Waals surface area contributed by atoms with Crippen LogP contribution in [0.4, 0.5) is 13.2 Å². The van der Waals surface area contributed by atoms with E-state index in [0.717, 1.165) is 12.3 Å². The first kappa shape index (κ1) is 12.7. The molecule has 0 saturated heterocycles. The maximum Gasteiger partial charge on any atom is 0.417 e. The summed E-state index contributed by atoms with van der Waals surface area (Å²) in [5.74, 6) is 0.0572. The van der Waals surface area contributed by atoms with Gasteiger partial charge in [-0.15, -0.1) is 0 Å². The summed E-state index contributed by atoms with van der Waals surface area (Å²) in [5.41, 5.74) is -0.119. The fourth-order valence-electron chi connectivity index (χ4n) is 1.42. The highest BCUT2D eigenvalue weighted by Crippen LogP contribution is 2.34. The van der Waals surface area contributed by atoms with Gasteiger partial charge in [-0.25, -0.2) is 0 Å². The second-order valence-corrected chi connectivity index (χ2v) is 4.01. The number of phenolic OH excluding ortho intramolecular Hbond substituents is 1. The van der Waals surface area contributed by atoms with E-state index in [0.29, 0.717) is 5.56 Å². The molecule has 0 aliphatic heterocycles. The smallest absolute Gasteiger partial charge is 0.417 e. The Kier molecular flexibility index (Phi) is 3.17. The lowest BCUT2D eigenvalue weighted by molar-refractivity contribution is -0.137. The quantitative estimate of drug-likeness (QED) is 0.847. The lowest BCUT2D eigenvalue weighted by atomic mass is 10.1. The van der Waals surface area contributed by atoms with Crippen molar-refractivity contribution in [3.63, 3.8) is 0 Å². The standard InChI is InChI=1S/C12H7ClF3NO/c13-10-5-8(12(14,15)16)6-17-11(10)7-1-3-9(18)4-2-7/h1-6,18H.